The number of hydrogen-bond donors (Lipinski definition) is 6. The summed E-state index contributed by atoms with van der Waals surface area (Å²) in [6, 6.07) is 1.23. The summed E-state index contributed by atoms with van der Waals surface area (Å²) in [6.07, 6.45) is -2.91. The lowest BCUT2D eigenvalue weighted by atomic mass is 10.1. The molecule has 8 N–H and O–H groups in total. The Morgan fingerprint density at radius 3 is 2.39 bits per heavy atom. The van der Waals surface area contributed by atoms with Crippen LogP contribution >= 0.6 is 27.5 Å². The first-order valence-corrected chi connectivity index (χ1v) is 10.8. The van der Waals surface area contributed by atoms with Gasteiger partial charge in [0, 0.05) is 17.4 Å². The number of anilines is 1. The Kier molecular flexibility index (Phi) is 9.45. The Hall–Kier alpha value is -2.88. The number of carbonyl (C=O) groups is 3. The molecule has 1 aromatic heterocycles. The van der Waals surface area contributed by atoms with Crippen molar-refractivity contribution in [2.24, 2.45) is 11.5 Å². The van der Waals surface area contributed by atoms with Gasteiger partial charge in [0.2, 0.25) is 11.8 Å². The van der Waals surface area contributed by atoms with E-state index >= 15 is 0 Å². The van der Waals surface area contributed by atoms with E-state index in [0.29, 0.717) is 11.5 Å². The van der Waals surface area contributed by atoms with Gasteiger partial charge in [0.25, 0.3) is 5.91 Å². The smallest absolute Gasteiger partial charge is 0.320 e. The van der Waals surface area contributed by atoms with E-state index in [-0.39, 0.29) is 40.3 Å². The average molecular weight is 552 g/mol. The third-order valence-electron chi connectivity index (χ3n) is 4.07. The van der Waals surface area contributed by atoms with Crippen molar-refractivity contribution < 1.29 is 38.1 Å². The predicted molar refractivity (Wildman–Crippen MR) is 116 cm³/mol. The van der Waals surface area contributed by atoms with E-state index in [1.165, 1.54) is 0 Å². The van der Waals surface area contributed by atoms with Crippen molar-refractivity contribution >= 4 is 50.3 Å². The first-order chi connectivity index (χ1) is 15.5. The van der Waals surface area contributed by atoms with E-state index in [0.717, 1.165) is 12.1 Å². The first-order valence-electron chi connectivity index (χ1n) is 9.22. The van der Waals surface area contributed by atoms with E-state index in [1.54, 1.807) is 0 Å². The van der Waals surface area contributed by atoms with E-state index in [9.17, 15) is 33.4 Å². The summed E-state index contributed by atoms with van der Waals surface area (Å²) in [4.78, 5) is 34.6. The van der Waals surface area contributed by atoms with Crippen LogP contribution < -0.4 is 26.8 Å². The minimum Gasteiger partial charge on any atom is -0.471 e. The van der Waals surface area contributed by atoms with Crippen LogP contribution in [0, 0.1) is 11.6 Å². The third kappa shape index (κ3) is 7.88. The standard InChI is InChI=1S/C18H20BrF2N5O6S/c19-7-1-11(20)10(12(21)2-7)6-32-16-14(15(23)30)17(33-26-16)25-18(31)24-5-9(28)3-8(27)4-13(22)29/h1-2,8-9,27-28H,3-6H2,(H2,22,29)(H2,23,30)(H2,24,25,31)/t8-,9+/m1/s1. The molecule has 33 heavy (non-hydrogen) atoms. The fraction of sp³-hybridized carbons (Fsp3) is 0.333. The number of aromatic nitrogens is 1. The lowest BCUT2D eigenvalue weighted by Gasteiger charge is -2.15. The molecule has 2 aromatic rings. The van der Waals surface area contributed by atoms with Gasteiger partial charge in [-0.3, -0.25) is 14.9 Å². The molecule has 2 atom stereocenters. The van der Waals surface area contributed by atoms with Crippen molar-refractivity contribution in [3.05, 3.63) is 39.4 Å². The summed E-state index contributed by atoms with van der Waals surface area (Å²) < 4.78 is 37.2. The van der Waals surface area contributed by atoms with Gasteiger partial charge in [-0.1, -0.05) is 15.9 Å². The Bertz CT molecular complexity index is 1020. The molecule has 1 heterocycles. The van der Waals surface area contributed by atoms with E-state index in [2.05, 4.69) is 30.9 Å². The van der Waals surface area contributed by atoms with Crippen LogP contribution in [0.5, 0.6) is 5.88 Å². The molecule has 4 amide bonds. The quantitative estimate of drug-likeness (QED) is 0.239. The normalized spacial score (nSPS) is 12.6. The van der Waals surface area contributed by atoms with Crippen molar-refractivity contribution in [3.63, 3.8) is 0 Å². The van der Waals surface area contributed by atoms with Crippen LogP contribution in [0.3, 0.4) is 0 Å². The third-order valence-corrected chi connectivity index (χ3v) is 5.28. The number of rotatable bonds is 11. The second-order valence-corrected chi connectivity index (χ2v) is 8.43. The minimum atomic E-state index is -1.18. The number of ether oxygens (including phenoxy) is 1. The monoisotopic (exact) mass is 551 g/mol. The number of carbonyl (C=O) groups excluding carboxylic acids is 3. The van der Waals surface area contributed by atoms with Crippen molar-refractivity contribution in [2.75, 3.05) is 11.9 Å². The number of nitrogens with zero attached hydrogens (tertiary/aromatic N) is 1. The van der Waals surface area contributed by atoms with Gasteiger partial charge >= 0.3 is 6.03 Å². The van der Waals surface area contributed by atoms with Gasteiger partial charge in [0.15, 0.2) is 0 Å². The van der Waals surface area contributed by atoms with E-state index < -0.39 is 53.9 Å². The molecule has 0 fully saturated rings. The number of aliphatic hydroxyl groups is 2. The maximum Gasteiger partial charge on any atom is 0.320 e. The molecule has 0 spiro atoms. The number of aliphatic hydroxyl groups excluding tert-OH is 2. The number of halogens is 3. The number of urea groups is 1. The molecule has 0 aliphatic heterocycles. The second kappa shape index (κ2) is 11.8. The van der Waals surface area contributed by atoms with Crippen LogP contribution in [0.2, 0.25) is 0 Å². The van der Waals surface area contributed by atoms with Crippen molar-refractivity contribution in [2.45, 2.75) is 31.7 Å². The molecule has 1 aromatic carbocycles. The fourth-order valence-electron chi connectivity index (χ4n) is 2.60. The molecule has 15 heteroatoms. The summed E-state index contributed by atoms with van der Waals surface area (Å²) in [5.41, 5.74) is 9.54. The maximum atomic E-state index is 14.0. The van der Waals surface area contributed by atoms with Crippen LogP contribution in [0.15, 0.2) is 16.6 Å². The molecule has 0 saturated carbocycles. The molecule has 0 saturated heterocycles. The van der Waals surface area contributed by atoms with Crippen LogP contribution in [0.25, 0.3) is 0 Å². The highest BCUT2D eigenvalue weighted by atomic mass is 79.9. The number of nitrogens with one attached hydrogen (secondary N) is 2. The molecule has 0 aliphatic rings. The highest BCUT2D eigenvalue weighted by Gasteiger charge is 2.23. The molecule has 0 aliphatic carbocycles. The van der Waals surface area contributed by atoms with Gasteiger partial charge in [0.05, 0.1) is 24.2 Å². The van der Waals surface area contributed by atoms with Crippen LogP contribution in [-0.2, 0) is 11.4 Å². The topological polar surface area (TPSA) is 190 Å². The zero-order valence-corrected chi connectivity index (χ0v) is 19.2. The van der Waals surface area contributed by atoms with Crippen LogP contribution in [0.4, 0.5) is 18.6 Å². The average Bonchev–Trinajstić information content (AvgIpc) is 3.07. The first kappa shape index (κ1) is 26.4. The minimum absolute atomic E-state index is 0.102. The van der Waals surface area contributed by atoms with Crippen molar-refractivity contribution in [1.82, 2.24) is 9.69 Å². The van der Waals surface area contributed by atoms with Gasteiger partial charge in [-0.05, 0) is 23.7 Å². The fourth-order valence-corrected chi connectivity index (χ4v) is 3.74. The predicted octanol–water partition coefficient (Wildman–Crippen LogP) is 0.970. The summed E-state index contributed by atoms with van der Waals surface area (Å²) in [7, 11) is 0. The van der Waals surface area contributed by atoms with Crippen LogP contribution in [0.1, 0.15) is 28.8 Å². The zero-order chi connectivity index (χ0) is 24.7. The molecule has 11 nitrogen and oxygen atoms in total. The number of amides is 4. The summed E-state index contributed by atoms with van der Waals surface area (Å²) in [5.74, 6) is -3.85. The summed E-state index contributed by atoms with van der Waals surface area (Å²) in [5, 5.41) is 23.9. The van der Waals surface area contributed by atoms with Gasteiger partial charge in [-0.25, -0.2) is 13.6 Å². The number of nitrogens with two attached hydrogens (primary N) is 2. The molecule has 0 unspecified atom stereocenters. The largest absolute Gasteiger partial charge is 0.471 e. The molecular weight excluding hydrogens is 532 g/mol. The van der Waals surface area contributed by atoms with Crippen LogP contribution in [-0.4, -0.2) is 51.2 Å². The number of primary amides is 2. The summed E-state index contributed by atoms with van der Waals surface area (Å²) >= 11 is 3.59. The maximum absolute atomic E-state index is 14.0. The van der Waals surface area contributed by atoms with Crippen molar-refractivity contribution in [3.8, 4) is 5.88 Å². The lowest BCUT2D eigenvalue weighted by molar-refractivity contribution is -0.120. The highest BCUT2D eigenvalue weighted by molar-refractivity contribution is 9.10. The Morgan fingerprint density at radius 2 is 1.82 bits per heavy atom. The Morgan fingerprint density at radius 1 is 1.18 bits per heavy atom. The van der Waals surface area contributed by atoms with Gasteiger partial charge in [-0.15, -0.1) is 0 Å². The SMILES string of the molecule is NC(=O)C[C@H](O)C[C@H](O)CNC(=O)Nc1snc(OCc2c(F)cc(Br)cc2F)c1C(N)=O. The van der Waals surface area contributed by atoms with Crippen molar-refractivity contribution in [1.29, 1.82) is 0 Å². The number of hydrogen-bond acceptors (Lipinski definition) is 8. The van der Waals surface area contributed by atoms with E-state index in [1.807, 2.05) is 0 Å². The van der Waals surface area contributed by atoms with E-state index in [4.69, 9.17) is 16.2 Å². The lowest BCUT2D eigenvalue weighted by Crippen LogP contribution is -2.37. The molecular formula is C18H20BrF2N5O6S. The van der Waals surface area contributed by atoms with Gasteiger partial charge < -0.3 is 31.7 Å². The number of benzene rings is 1. The van der Waals surface area contributed by atoms with Gasteiger partial charge in [-0.2, -0.15) is 4.37 Å². The molecule has 0 radical (unpaired) electrons. The highest BCUT2D eigenvalue weighted by Crippen LogP contribution is 2.31. The molecule has 2 rings (SSSR count). The zero-order valence-electron chi connectivity index (χ0n) is 16.8. The molecule has 0 bridgehead atoms. The van der Waals surface area contributed by atoms with Gasteiger partial charge in [0.1, 0.15) is 28.8 Å². The Balaban J connectivity index is 1.99. The second-order valence-electron chi connectivity index (χ2n) is 6.74. The molecule has 180 valence electrons. The Labute approximate surface area is 198 Å². The summed E-state index contributed by atoms with van der Waals surface area (Å²) in [6.45, 7) is -0.891.